The summed E-state index contributed by atoms with van der Waals surface area (Å²) >= 11 is 14.9. The van der Waals surface area contributed by atoms with Crippen LogP contribution >= 0.6 is 46.3 Å². The Morgan fingerprint density at radius 1 is 0.957 bits per heavy atom. The van der Waals surface area contributed by atoms with Crippen LogP contribution in [0.15, 0.2) is 76.6 Å². The van der Waals surface area contributed by atoms with Crippen LogP contribution in [0.5, 0.6) is 5.75 Å². The van der Waals surface area contributed by atoms with Gasteiger partial charge in [-0.05, 0) is 79.1 Å². The number of hydrogen-bond acceptors (Lipinski definition) is 7. The summed E-state index contributed by atoms with van der Waals surface area (Å²) in [5, 5.41) is 4.44. The van der Waals surface area contributed by atoms with E-state index in [1.807, 2.05) is 55.5 Å². The van der Waals surface area contributed by atoms with Gasteiger partial charge in [0.2, 0.25) is 11.8 Å². The highest BCUT2D eigenvalue weighted by Gasteiger charge is 2.69. The average Bonchev–Trinajstić information content (AvgIpc) is 3.78. The molecule has 2 saturated carbocycles. The predicted octanol–water partition coefficient (Wildman–Crippen LogP) is 6.75. The first-order valence-corrected chi connectivity index (χ1v) is 17.4. The summed E-state index contributed by atoms with van der Waals surface area (Å²) in [4.78, 5) is 58.2. The standard InChI is InChI=1S/C34H27Cl2N3O5S2/c1-15-2-7-18(8-3-15)39-32(41)27-20-13-21(28(27)33(39)42)29-26(20)25(30-31(45-29)38-34(43)46-30)16-4-9-19(10-5-16)44-14-24(40)37-17-6-11-22(35)23(36)12-17/h2-12,20-21,25-29H,13-14H2,1H3,(H,37,40)(H,38,43)/t20-,21-,25+,26-,27+,28+,29-/m1/s1. The van der Waals surface area contributed by atoms with Crippen LogP contribution in [-0.4, -0.2) is 34.6 Å². The number of halogens is 2. The van der Waals surface area contributed by atoms with Crippen LogP contribution in [0.3, 0.4) is 0 Å². The topological polar surface area (TPSA) is 109 Å². The summed E-state index contributed by atoms with van der Waals surface area (Å²) in [5.41, 5.74) is 3.22. The highest BCUT2D eigenvalue weighted by Crippen LogP contribution is 2.68. The highest BCUT2D eigenvalue weighted by atomic mass is 35.5. The van der Waals surface area contributed by atoms with Gasteiger partial charge < -0.3 is 15.0 Å². The molecule has 2 aliphatic heterocycles. The molecule has 234 valence electrons. The Balaban J connectivity index is 1.04. The Labute approximate surface area is 282 Å². The predicted molar refractivity (Wildman–Crippen MR) is 179 cm³/mol. The van der Waals surface area contributed by atoms with Crippen LogP contribution in [0.1, 0.15) is 28.3 Å². The molecule has 12 heteroatoms. The molecule has 3 amide bonds. The fourth-order valence-electron chi connectivity index (χ4n) is 8.03. The molecular weight excluding hydrogens is 665 g/mol. The van der Waals surface area contributed by atoms with Gasteiger partial charge in [-0.25, -0.2) is 0 Å². The first-order valence-electron chi connectivity index (χ1n) is 15.0. The van der Waals surface area contributed by atoms with Gasteiger partial charge in [-0.3, -0.25) is 24.1 Å². The lowest BCUT2D eigenvalue weighted by molar-refractivity contribution is -0.123. The maximum Gasteiger partial charge on any atom is 0.305 e. The molecule has 7 atom stereocenters. The Morgan fingerprint density at radius 2 is 1.67 bits per heavy atom. The summed E-state index contributed by atoms with van der Waals surface area (Å²) < 4.78 is 5.77. The van der Waals surface area contributed by atoms with E-state index in [0.29, 0.717) is 27.2 Å². The number of nitrogens with zero attached hydrogens (tertiary/aromatic N) is 1. The van der Waals surface area contributed by atoms with Crippen molar-refractivity contribution in [1.82, 2.24) is 4.98 Å². The lowest BCUT2D eigenvalue weighted by atomic mass is 9.68. The maximum atomic E-state index is 13.9. The van der Waals surface area contributed by atoms with Crippen LogP contribution in [0.25, 0.3) is 0 Å². The number of amides is 3. The number of fused-ring (bicyclic) bond motifs is 9. The van der Waals surface area contributed by atoms with Gasteiger partial charge in [-0.15, -0.1) is 11.8 Å². The number of thiazole rings is 1. The van der Waals surface area contributed by atoms with E-state index in [0.717, 1.165) is 27.5 Å². The van der Waals surface area contributed by atoms with E-state index in [1.165, 1.54) is 16.2 Å². The van der Waals surface area contributed by atoms with E-state index >= 15 is 0 Å². The smallest absolute Gasteiger partial charge is 0.305 e. The Bertz CT molecular complexity index is 1960. The summed E-state index contributed by atoms with van der Waals surface area (Å²) in [6, 6.07) is 20.0. The zero-order valence-corrected chi connectivity index (χ0v) is 27.5. The number of anilines is 2. The van der Waals surface area contributed by atoms with E-state index in [4.69, 9.17) is 27.9 Å². The number of aryl methyl sites for hydroxylation is 1. The molecule has 3 heterocycles. The van der Waals surface area contributed by atoms with Crippen LogP contribution in [0.4, 0.5) is 11.4 Å². The molecule has 2 N–H and O–H groups in total. The van der Waals surface area contributed by atoms with Gasteiger partial charge in [0.05, 0.1) is 32.6 Å². The number of benzene rings is 3. The number of aromatic nitrogens is 1. The number of ether oxygens (including phenoxy) is 1. The van der Waals surface area contributed by atoms with Gasteiger partial charge in [0.1, 0.15) is 5.75 Å². The van der Waals surface area contributed by atoms with Crippen molar-refractivity contribution in [2.75, 3.05) is 16.8 Å². The van der Waals surface area contributed by atoms with Crippen molar-refractivity contribution in [3.05, 3.63) is 102 Å². The summed E-state index contributed by atoms with van der Waals surface area (Å²) in [6.45, 7) is 1.78. The Kier molecular flexibility index (Phi) is 7.32. The number of rotatable bonds is 6. The molecule has 0 spiro atoms. The number of nitrogens with one attached hydrogen (secondary N) is 2. The Morgan fingerprint density at radius 3 is 2.39 bits per heavy atom. The maximum absolute atomic E-state index is 13.9. The van der Waals surface area contributed by atoms with Crippen molar-refractivity contribution in [3.63, 3.8) is 0 Å². The summed E-state index contributed by atoms with van der Waals surface area (Å²) in [7, 11) is 0. The van der Waals surface area contributed by atoms with Gasteiger partial charge in [0.25, 0.3) is 5.91 Å². The van der Waals surface area contributed by atoms with Crippen molar-refractivity contribution in [3.8, 4) is 5.75 Å². The zero-order valence-electron chi connectivity index (χ0n) is 24.4. The largest absolute Gasteiger partial charge is 0.484 e. The SMILES string of the molecule is Cc1ccc(N2C(=O)[C@H]3[C@H]4C[C@@H]([C@@H]3C2=O)[C@@H]2[C@H](c3ccc(OCC(=O)Nc5ccc(Cl)c(Cl)c5)cc3)c3sc(=O)[nH]c3S[C@H]42)cc1. The number of carbonyl (C=O) groups excluding carboxylic acids is 3. The van der Waals surface area contributed by atoms with Crippen LogP contribution in [0.2, 0.25) is 10.0 Å². The van der Waals surface area contributed by atoms with Crippen molar-refractivity contribution in [2.45, 2.75) is 29.5 Å². The number of thioether (sulfide) groups is 1. The molecule has 8 nitrogen and oxygen atoms in total. The molecule has 2 aliphatic carbocycles. The molecule has 3 fully saturated rings. The monoisotopic (exact) mass is 691 g/mol. The summed E-state index contributed by atoms with van der Waals surface area (Å²) in [6.07, 6.45) is 0.821. The number of hydrogen-bond donors (Lipinski definition) is 2. The zero-order chi connectivity index (χ0) is 31.9. The fraction of sp³-hybridized carbons (Fsp3) is 0.294. The number of aromatic amines is 1. The van der Waals surface area contributed by atoms with Gasteiger partial charge >= 0.3 is 4.87 Å². The van der Waals surface area contributed by atoms with Crippen molar-refractivity contribution >= 4 is 75.4 Å². The highest BCUT2D eigenvalue weighted by molar-refractivity contribution is 8.00. The van der Waals surface area contributed by atoms with Gasteiger partial charge in [-0.2, -0.15) is 0 Å². The van der Waals surface area contributed by atoms with E-state index in [1.54, 1.807) is 30.0 Å². The quantitative estimate of drug-likeness (QED) is 0.217. The van der Waals surface area contributed by atoms with Crippen molar-refractivity contribution in [1.29, 1.82) is 0 Å². The van der Waals surface area contributed by atoms with Crippen molar-refractivity contribution < 1.29 is 19.1 Å². The van der Waals surface area contributed by atoms with Crippen LogP contribution in [-0.2, 0) is 14.4 Å². The lowest BCUT2D eigenvalue weighted by Gasteiger charge is -2.43. The van der Waals surface area contributed by atoms with Crippen LogP contribution in [0, 0.1) is 36.5 Å². The molecular formula is C34H27Cl2N3O5S2. The third kappa shape index (κ3) is 4.80. The molecule has 46 heavy (non-hydrogen) atoms. The van der Waals surface area contributed by atoms with Gasteiger partial charge in [-0.1, -0.05) is 64.4 Å². The molecule has 8 rings (SSSR count). The normalized spacial score (nSPS) is 27.4. The minimum atomic E-state index is -0.364. The molecule has 3 aromatic carbocycles. The molecule has 4 aromatic rings. The molecule has 0 radical (unpaired) electrons. The second kappa shape index (κ2) is 11.3. The second-order valence-electron chi connectivity index (χ2n) is 12.3. The minimum Gasteiger partial charge on any atom is -0.484 e. The first-order chi connectivity index (χ1) is 22.2. The van der Waals surface area contributed by atoms with Gasteiger partial charge in [0.15, 0.2) is 6.61 Å². The third-order valence-electron chi connectivity index (χ3n) is 9.83. The number of H-pyrrole nitrogens is 1. The van der Waals surface area contributed by atoms with E-state index in [-0.39, 0.29) is 70.0 Å². The third-order valence-corrected chi connectivity index (χ3v) is 13.2. The molecule has 1 saturated heterocycles. The van der Waals surface area contributed by atoms with E-state index in [9.17, 15) is 19.2 Å². The molecule has 1 aromatic heterocycles. The first kappa shape index (κ1) is 29.8. The second-order valence-corrected chi connectivity index (χ2v) is 15.4. The van der Waals surface area contributed by atoms with Crippen molar-refractivity contribution in [2.24, 2.45) is 29.6 Å². The van der Waals surface area contributed by atoms with Crippen LogP contribution < -0.4 is 19.8 Å². The molecule has 0 unspecified atom stereocenters. The lowest BCUT2D eigenvalue weighted by Crippen LogP contribution is -2.42. The van der Waals surface area contributed by atoms with Gasteiger partial charge in [0, 0.05) is 21.7 Å². The number of carbonyl (C=O) groups is 3. The molecule has 4 aliphatic rings. The minimum absolute atomic E-state index is 0.0238. The summed E-state index contributed by atoms with van der Waals surface area (Å²) in [5.74, 6) is -0.677. The number of imide groups is 1. The van der Waals surface area contributed by atoms with E-state index < -0.39 is 0 Å². The average molecular weight is 693 g/mol. The Hall–Kier alpha value is -3.57. The fourth-order valence-corrected chi connectivity index (χ4v) is 11.2. The molecule has 2 bridgehead atoms. The van der Waals surface area contributed by atoms with E-state index in [2.05, 4.69) is 10.3 Å².